The molecule has 1 aromatic heterocycles. The lowest BCUT2D eigenvalue weighted by Crippen LogP contribution is -2.38. The van der Waals surface area contributed by atoms with E-state index in [0.717, 1.165) is 43.0 Å². The van der Waals surface area contributed by atoms with Gasteiger partial charge in [0.2, 0.25) is 4.77 Å². The Morgan fingerprint density at radius 1 is 1.14 bits per heavy atom. The van der Waals surface area contributed by atoms with Crippen LogP contribution in [-0.2, 0) is 11.4 Å². The quantitative estimate of drug-likeness (QED) is 0.529. The van der Waals surface area contributed by atoms with Crippen LogP contribution < -0.4 is 0 Å². The largest absolute Gasteiger partial charge is 0.381 e. The van der Waals surface area contributed by atoms with Crippen molar-refractivity contribution >= 4 is 23.8 Å². The summed E-state index contributed by atoms with van der Waals surface area (Å²) in [4.78, 5) is 2.38. The molecular weight excluding hydrogens is 404 g/mol. The minimum atomic E-state index is 0.355. The molecule has 0 unspecified atom stereocenters. The van der Waals surface area contributed by atoms with Gasteiger partial charge >= 0.3 is 0 Å². The van der Waals surface area contributed by atoms with Crippen LogP contribution in [0.4, 0.5) is 0 Å². The maximum absolute atomic E-state index is 6.10. The summed E-state index contributed by atoms with van der Waals surface area (Å²) >= 11 is 12.0. The minimum Gasteiger partial charge on any atom is -0.381 e. The van der Waals surface area contributed by atoms with E-state index in [0.29, 0.717) is 22.6 Å². The van der Waals surface area contributed by atoms with E-state index < -0.39 is 0 Å². The first-order valence-corrected chi connectivity index (χ1v) is 10.6. The minimum absolute atomic E-state index is 0.355. The number of halogens is 1. The van der Waals surface area contributed by atoms with Crippen LogP contribution >= 0.6 is 23.8 Å². The summed E-state index contributed by atoms with van der Waals surface area (Å²) in [6.07, 6.45) is 2.42. The molecule has 0 aliphatic carbocycles. The number of hydrogen-bond donors (Lipinski definition) is 0. The summed E-state index contributed by atoms with van der Waals surface area (Å²) in [6, 6.07) is 16.1. The molecule has 0 saturated carbocycles. The van der Waals surface area contributed by atoms with Gasteiger partial charge in [0.1, 0.15) is 0 Å². The number of aromatic nitrogens is 3. The van der Waals surface area contributed by atoms with Crippen LogP contribution in [0.25, 0.3) is 17.1 Å². The lowest BCUT2D eigenvalue weighted by molar-refractivity contribution is 0.0301. The van der Waals surface area contributed by atoms with Gasteiger partial charge in [0.05, 0.1) is 18.5 Å². The number of rotatable bonds is 5. The predicted molar refractivity (Wildman–Crippen MR) is 119 cm³/mol. The maximum Gasteiger partial charge on any atom is 0.204 e. The third kappa shape index (κ3) is 4.46. The molecule has 1 fully saturated rings. The summed E-state index contributed by atoms with van der Waals surface area (Å²) in [5.74, 6) is 0.823. The Bertz CT molecular complexity index is 1040. The Morgan fingerprint density at radius 2 is 1.86 bits per heavy atom. The van der Waals surface area contributed by atoms with Crippen molar-refractivity contribution in [3.63, 3.8) is 0 Å². The van der Waals surface area contributed by atoms with Gasteiger partial charge in [0.15, 0.2) is 5.82 Å². The Kier molecular flexibility index (Phi) is 6.15. The van der Waals surface area contributed by atoms with E-state index in [-0.39, 0.29) is 0 Å². The SMILES string of the molecule is COC1CCN(Cn2nc(-c3ccc(Cl)cc3)n(-c3cccc(C)c3)c2=S)CC1. The van der Waals surface area contributed by atoms with E-state index in [1.807, 2.05) is 39.6 Å². The second kappa shape index (κ2) is 8.79. The third-order valence-electron chi connectivity index (χ3n) is 5.40. The van der Waals surface area contributed by atoms with Gasteiger partial charge in [-0.1, -0.05) is 23.7 Å². The highest BCUT2D eigenvalue weighted by atomic mass is 35.5. The molecule has 3 aromatic rings. The molecule has 2 aromatic carbocycles. The Hall–Kier alpha value is -1.99. The zero-order valence-electron chi connectivity index (χ0n) is 16.7. The predicted octanol–water partition coefficient (Wildman–Crippen LogP) is 5.10. The number of methoxy groups -OCH3 is 1. The summed E-state index contributed by atoms with van der Waals surface area (Å²) in [5.41, 5.74) is 3.18. The number of hydrogen-bond acceptors (Lipinski definition) is 4. The first kappa shape index (κ1) is 20.3. The zero-order chi connectivity index (χ0) is 20.4. The van der Waals surface area contributed by atoms with E-state index in [4.69, 9.17) is 33.7 Å². The molecule has 0 bridgehead atoms. The molecule has 0 atom stereocenters. The van der Waals surface area contributed by atoms with E-state index in [1.54, 1.807) is 7.11 Å². The monoisotopic (exact) mass is 428 g/mol. The highest BCUT2D eigenvalue weighted by Crippen LogP contribution is 2.25. The topological polar surface area (TPSA) is 35.2 Å². The van der Waals surface area contributed by atoms with Gasteiger partial charge in [-0.25, -0.2) is 4.68 Å². The summed E-state index contributed by atoms with van der Waals surface area (Å²) in [6.45, 7) is 4.72. The first-order valence-electron chi connectivity index (χ1n) is 9.83. The van der Waals surface area contributed by atoms with Crippen LogP contribution in [0.15, 0.2) is 48.5 Å². The molecule has 4 rings (SSSR count). The number of benzene rings is 2. The van der Waals surface area contributed by atoms with E-state index in [2.05, 4.69) is 30.0 Å². The van der Waals surface area contributed by atoms with E-state index in [9.17, 15) is 0 Å². The van der Waals surface area contributed by atoms with Crippen molar-refractivity contribution in [1.82, 2.24) is 19.2 Å². The average Bonchev–Trinajstić information content (AvgIpc) is 3.05. The van der Waals surface area contributed by atoms with Crippen molar-refractivity contribution in [2.75, 3.05) is 20.2 Å². The lowest BCUT2D eigenvalue weighted by Gasteiger charge is -2.30. The van der Waals surface area contributed by atoms with Crippen LogP contribution in [0.1, 0.15) is 18.4 Å². The zero-order valence-corrected chi connectivity index (χ0v) is 18.3. The highest BCUT2D eigenvalue weighted by Gasteiger charge is 2.21. The van der Waals surface area contributed by atoms with Crippen molar-refractivity contribution in [3.05, 3.63) is 63.9 Å². The fraction of sp³-hybridized carbons (Fsp3) is 0.364. The number of aryl methyl sites for hydroxylation is 1. The van der Waals surface area contributed by atoms with Gasteiger partial charge in [-0.3, -0.25) is 9.47 Å². The Labute approximate surface area is 181 Å². The molecular formula is C22H25ClN4OS. The van der Waals surface area contributed by atoms with Crippen molar-refractivity contribution in [3.8, 4) is 17.1 Å². The van der Waals surface area contributed by atoms with Gasteiger partial charge in [-0.05, 0) is 73.9 Å². The molecule has 0 N–H and O–H groups in total. The number of nitrogens with zero attached hydrogens (tertiary/aromatic N) is 4. The normalized spacial score (nSPS) is 15.7. The fourth-order valence-corrected chi connectivity index (χ4v) is 4.18. The maximum atomic E-state index is 6.10. The van der Waals surface area contributed by atoms with Gasteiger partial charge in [0.25, 0.3) is 0 Å². The second-order valence-electron chi connectivity index (χ2n) is 7.48. The molecule has 7 heteroatoms. The summed E-state index contributed by atoms with van der Waals surface area (Å²) < 4.78 is 10.2. The van der Waals surface area contributed by atoms with Crippen molar-refractivity contribution < 1.29 is 4.74 Å². The van der Waals surface area contributed by atoms with Crippen LogP contribution in [0.3, 0.4) is 0 Å². The fourth-order valence-electron chi connectivity index (χ4n) is 3.76. The lowest BCUT2D eigenvalue weighted by atomic mass is 10.1. The van der Waals surface area contributed by atoms with Crippen molar-refractivity contribution in [2.24, 2.45) is 0 Å². The number of ether oxygens (including phenoxy) is 1. The van der Waals surface area contributed by atoms with Gasteiger partial charge in [-0.2, -0.15) is 0 Å². The van der Waals surface area contributed by atoms with Crippen LogP contribution in [0.5, 0.6) is 0 Å². The molecule has 0 spiro atoms. The average molecular weight is 429 g/mol. The van der Waals surface area contributed by atoms with Crippen LogP contribution in [0.2, 0.25) is 5.02 Å². The summed E-state index contributed by atoms with van der Waals surface area (Å²) in [5, 5.41) is 5.61. The summed E-state index contributed by atoms with van der Waals surface area (Å²) in [7, 11) is 1.79. The molecule has 2 heterocycles. The van der Waals surface area contributed by atoms with Crippen LogP contribution in [0, 0.1) is 11.7 Å². The smallest absolute Gasteiger partial charge is 0.204 e. The molecule has 29 heavy (non-hydrogen) atoms. The van der Waals surface area contributed by atoms with E-state index in [1.165, 1.54) is 5.56 Å². The van der Waals surface area contributed by atoms with Gasteiger partial charge in [0, 0.05) is 30.8 Å². The second-order valence-corrected chi connectivity index (χ2v) is 8.28. The van der Waals surface area contributed by atoms with Crippen LogP contribution in [-0.4, -0.2) is 45.6 Å². The molecule has 0 amide bonds. The number of likely N-dealkylation sites (tertiary alicyclic amines) is 1. The highest BCUT2D eigenvalue weighted by molar-refractivity contribution is 7.71. The third-order valence-corrected chi connectivity index (χ3v) is 6.05. The van der Waals surface area contributed by atoms with Crippen molar-refractivity contribution in [1.29, 1.82) is 0 Å². The molecule has 1 aliphatic rings. The molecule has 1 saturated heterocycles. The molecule has 152 valence electrons. The standard InChI is InChI=1S/C22H25ClN4OS/c1-16-4-3-5-19(14-16)27-21(17-6-8-18(23)9-7-17)24-26(22(27)29)15-25-12-10-20(28-2)11-13-25/h3-9,14,20H,10-13,15H2,1-2H3. The molecule has 0 radical (unpaired) electrons. The first-order chi connectivity index (χ1) is 14.0. The van der Waals surface area contributed by atoms with Gasteiger partial charge < -0.3 is 4.74 Å². The number of piperidine rings is 1. The van der Waals surface area contributed by atoms with E-state index >= 15 is 0 Å². The molecule has 1 aliphatic heterocycles. The Morgan fingerprint density at radius 3 is 2.52 bits per heavy atom. The molecule has 5 nitrogen and oxygen atoms in total. The van der Waals surface area contributed by atoms with Gasteiger partial charge in [-0.15, -0.1) is 5.10 Å². The Balaban J connectivity index is 1.73. The van der Waals surface area contributed by atoms with Crippen molar-refractivity contribution in [2.45, 2.75) is 32.5 Å².